The van der Waals surface area contributed by atoms with E-state index in [9.17, 15) is 23.1 Å². The summed E-state index contributed by atoms with van der Waals surface area (Å²) in [6, 6.07) is 8.60. The summed E-state index contributed by atoms with van der Waals surface area (Å²) in [5.74, 6) is -1.16. The molecule has 0 unspecified atom stereocenters. The van der Waals surface area contributed by atoms with Gasteiger partial charge < -0.3 is 16.2 Å². The third kappa shape index (κ3) is 3.25. The molecule has 0 aliphatic carbocycles. The Morgan fingerprint density at radius 1 is 1.14 bits per heavy atom. The molecule has 0 aliphatic heterocycles. The Morgan fingerprint density at radius 3 is 2.43 bits per heavy atom. The minimum Gasteiger partial charge on any atom is -0.507 e. The summed E-state index contributed by atoms with van der Waals surface area (Å²) in [7, 11) is 0. The molecule has 1 amide bonds. The maximum Gasteiger partial charge on any atom is 0.418 e. The lowest BCUT2D eigenvalue weighted by atomic mass is 10.1. The molecular formula is C14H11F3N2O2. The Kier molecular flexibility index (Phi) is 3.75. The number of nitrogens with two attached hydrogens (primary N) is 1. The first-order valence-electron chi connectivity index (χ1n) is 5.85. The Hall–Kier alpha value is -2.70. The Bertz CT molecular complexity index is 684. The summed E-state index contributed by atoms with van der Waals surface area (Å²) in [6.07, 6.45) is -4.66. The van der Waals surface area contributed by atoms with Crippen molar-refractivity contribution in [3.63, 3.8) is 0 Å². The smallest absolute Gasteiger partial charge is 0.418 e. The van der Waals surface area contributed by atoms with Crippen molar-refractivity contribution in [1.82, 2.24) is 0 Å². The van der Waals surface area contributed by atoms with Gasteiger partial charge in [-0.1, -0.05) is 12.1 Å². The van der Waals surface area contributed by atoms with Crippen LogP contribution in [-0.2, 0) is 6.18 Å². The zero-order chi connectivity index (χ0) is 15.6. The maximum atomic E-state index is 12.9. The van der Waals surface area contributed by atoms with Crippen molar-refractivity contribution >= 4 is 17.3 Å². The Labute approximate surface area is 118 Å². The normalized spacial score (nSPS) is 11.2. The van der Waals surface area contributed by atoms with Gasteiger partial charge in [0.15, 0.2) is 0 Å². The van der Waals surface area contributed by atoms with E-state index < -0.39 is 23.3 Å². The minimum absolute atomic E-state index is 0.0668. The molecule has 4 nitrogen and oxygen atoms in total. The van der Waals surface area contributed by atoms with Crippen molar-refractivity contribution in [2.24, 2.45) is 0 Å². The van der Waals surface area contributed by atoms with E-state index in [1.54, 1.807) is 0 Å². The molecular weight excluding hydrogens is 285 g/mol. The van der Waals surface area contributed by atoms with Crippen molar-refractivity contribution < 1.29 is 23.1 Å². The number of hydrogen-bond acceptors (Lipinski definition) is 3. The van der Waals surface area contributed by atoms with Gasteiger partial charge in [-0.2, -0.15) is 13.2 Å². The number of nitrogen functional groups attached to an aromatic ring is 1. The van der Waals surface area contributed by atoms with E-state index in [1.165, 1.54) is 30.3 Å². The van der Waals surface area contributed by atoms with Gasteiger partial charge in [0.25, 0.3) is 5.91 Å². The molecule has 0 spiro atoms. The number of carbonyl (C=O) groups is 1. The SMILES string of the molecule is Nc1ccc(NC(=O)c2ccccc2O)c(C(F)(F)F)c1. The Morgan fingerprint density at radius 2 is 1.81 bits per heavy atom. The van der Waals surface area contributed by atoms with Crippen LogP contribution in [0.4, 0.5) is 24.5 Å². The first kappa shape index (κ1) is 14.7. The Balaban J connectivity index is 2.36. The molecule has 0 saturated heterocycles. The van der Waals surface area contributed by atoms with Crippen molar-refractivity contribution in [2.75, 3.05) is 11.1 Å². The number of nitrogens with one attached hydrogen (secondary N) is 1. The largest absolute Gasteiger partial charge is 0.507 e. The van der Waals surface area contributed by atoms with Crippen LogP contribution in [0.1, 0.15) is 15.9 Å². The number of alkyl halides is 3. The molecule has 0 radical (unpaired) electrons. The fourth-order valence-corrected chi connectivity index (χ4v) is 1.76. The number of carbonyl (C=O) groups excluding carboxylic acids is 1. The van der Waals surface area contributed by atoms with Crippen LogP contribution in [0.3, 0.4) is 0 Å². The molecule has 0 bridgehead atoms. The summed E-state index contributed by atoms with van der Waals surface area (Å²) in [5.41, 5.74) is 3.67. The summed E-state index contributed by atoms with van der Waals surface area (Å²) < 4.78 is 38.7. The number of rotatable bonds is 2. The number of hydrogen-bond donors (Lipinski definition) is 3. The third-order valence-electron chi connectivity index (χ3n) is 2.75. The van der Waals surface area contributed by atoms with Gasteiger partial charge in [-0.05, 0) is 30.3 Å². The van der Waals surface area contributed by atoms with Crippen molar-refractivity contribution in [2.45, 2.75) is 6.18 Å². The highest BCUT2D eigenvalue weighted by molar-refractivity contribution is 6.06. The van der Waals surface area contributed by atoms with Crippen LogP contribution in [0.2, 0.25) is 0 Å². The quantitative estimate of drug-likeness (QED) is 0.745. The van der Waals surface area contributed by atoms with E-state index in [0.29, 0.717) is 0 Å². The highest BCUT2D eigenvalue weighted by atomic mass is 19.4. The van der Waals surface area contributed by atoms with Crippen LogP contribution >= 0.6 is 0 Å². The van der Waals surface area contributed by atoms with Gasteiger partial charge in [0.05, 0.1) is 16.8 Å². The molecule has 4 N–H and O–H groups in total. The molecule has 110 valence electrons. The van der Waals surface area contributed by atoms with E-state index in [4.69, 9.17) is 5.73 Å². The predicted molar refractivity (Wildman–Crippen MR) is 71.9 cm³/mol. The molecule has 0 fully saturated rings. The van der Waals surface area contributed by atoms with Gasteiger partial charge in [0.2, 0.25) is 0 Å². The first-order valence-corrected chi connectivity index (χ1v) is 5.85. The molecule has 0 heterocycles. The van der Waals surface area contributed by atoms with Crippen molar-refractivity contribution in [3.05, 3.63) is 53.6 Å². The zero-order valence-electron chi connectivity index (χ0n) is 10.6. The molecule has 0 saturated carbocycles. The third-order valence-corrected chi connectivity index (χ3v) is 2.75. The molecule has 7 heteroatoms. The molecule has 2 rings (SSSR count). The predicted octanol–water partition coefficient (Wildman–Crippen LogP) is 3.25. The molecule has 0 aromatic heterocycles. The average molecular weight is 296 g/mol. The summed E-state index contributed by atoms with van der Waals surface area (Å²) >= 11 is 0. The number of phenolic OH excluding ortho intramolecular Hbond substituents is 1. The summed E-state index contributed by atoms with van der Waals surface area (Å²) in [4.78, 5) is 11.9. The second-order valence-corrected chi connectivity index (χ2v) is 4.27. The van der Waals surface area contributed by atoms with E-state index in [2.05, 4.69) is 5.32 Å². The topological polar surface area (TPSA) is 75.3 Å². The average Bonchev–Trinajstić information content (AvgIpc) is 2.40. The van der Waals surface area contributed by atoms with Gasteiger partial charge in [-0.3, -0.25) is 4.79 Å². The van der Waals surface area contributed by atoms with Gasteiger partial charge in [0.1, 0.15) is 5.75 Å². The zero-order valence-corrected chi connectivity index (χ0v) is 10.6. The van der Waals surface area contributed by atoms with Gasteiger partial charge in [-0.25, -0.2) is 0 Å². The maximum absolute atomic E-state index is 12.9. The highest BCUT2D eigenvalue weighted by Gasteiger charge is 2.34. The first-order chi connectivity index (χ1) is 9.79. The van der Waals surface area contributed by atoms with E-state index in [-0.39, 0.29) is 17.0 Å². The monoisotopic (exact) mass is 296 g/mol. The van der Waals surface area contributed by atoms with E-state index >= 15 is 0 Å². The van der Waals surface area contributed by atoms with Crippen LogP contribution in [0, 0.1) is 0 Å². The fraction of sp³-hybridized carbons (Fsp3) is 0.0714. The van der Waals surface area contributed by atoms with Crippen LogP contribution in [-0.4, -0.2) is 11.0 Å². The second kappa shape index (κ2) is 5.35. The van der Waals surface area contributed by atoms with Crippen LogP contribution in [0.15, 0.2) is 42.5 Å². The van der Waals surface area contributed by atoms with Crippen molar-refractivity contribution in [3.8, 4) is 5.75 Å². The van der Waals surface area contributed by atoms with E-state index in [1.807, 2.05) is 0 Å². The second-order valence-electron chi connectivity index (χ2n) is 4.27. The molecule has 21 heavy (non-hydrogen) atoms. The summed E-state index contributed by atoms with van der Waals surface area (Å²) in [6.45, 7) is 0. The molecule has 0 atom stereocenters. The highest BCUT2D eigenvalue weighted by Crippen LogP contribution is 2.36. The number of halogens is 3. The number of benzene rings is 2. The fourth-order valence-electron chi connectivity index (χ4n) is 1.76. The number of anilines is 2. The molecule has 2 aromatic rings. The lowest BCUT2D eigenvalue weighted by molar-refractivity contribution is -0.136. The number of para-hydroxylation sites is 1. The summed E-state index contributed by atoms with van der Waals surface area (Å²) in [5, 5.41) is 11.7. The molecule has 0 aliphatic rings. The number of phenols is 1. The van der Waals surface area contributed by atoms with Crippen LogP contribution < -0.4 is 11.1 Å². The van der Waals surface area contributed by atoms with Gasteiger partial charge in [-0.15, -0.1) is 0 Å². The van der Waals surface area contributed by atoms with Gasteiger partial charge >= 0.3 is 6.18 Å². The van der Waals surface area contributed by atoms with E-state index in [0.717, 1.165) is 12.1 Å². The lowest BCUT2D eigenvalue weighted by Gasteiger charge is -2.14. The van der Waals surface area contributed by atoms with Gasteiger partial charge in [0, 0.05) is 5.69 Å². The van der Waals surface area contributed by atoms with Crippen molar-refractivity contribution in [1.29, 1.82) is 0 Å². The minimum atomic E-state index is -4.66. The standard InChI is InChI=1S/C14H11F3N2O2/c15-14(16,17)10-7-8(18)5-6-11(10)19-13(21)9-3-1-2-4-12(9)20/h1-7,20H,18H2,(H,19,21). The molecule has 2 aromatic carbocycles. The van der Waals surface area contributed by atoms with Crippen LogP contribution in [0.5, 0.6) is 5.75 Å². The number of aromatic hydroxyl groups is 1. The lowest BCUT2D eigenvalue weighted by Crippen LogP contribution is -2.17. The van der Waals surface area contributed by atoms with Crippen LogP contribution in [0.25, 0.3) is 0 Å². The number of amides is 1.